The van der Waals surface area contributed by atoms with Crippen LogP contribution in [-0.4, -0.2) is 24.3 Å². The summed E-state index contributed by atoms with van der Waals surface area (Å²) >= 11 is 0. The van der Waals surface area contributed by atoms with Crippen LogP contribution in [-0.2, 0) is 13.1 Å². The number of nitrogens with one attached hydrogen (secondary N) is 1. The largest absolute Gasteiger partial charge is 0.497 e. The minimum Gasteiger partial charge on any atom is -0.497 e. The first kappa shape index (κ1) is 14.0. The second-order valence-corrected chi connectivity index (χ2v) is 5.37. The van der Waals surface area contributed by atoms with Crippen molar-refractivity contribution in [2.75, 3.05) is 13.7 Å². The fraction of sp³-hybridized carbons (Fsp3) is 0.412. The molecular formula is C17H22N2O2. The zero-order chi connectivity index (χ0) is 14.5. The Hall–Kier alpha value is -1.94. The maximum atomic E-state index is 5.77. The van der Waals surface area contributed by atoms with Gasteiger partial charge in [0, 0.05) is 24.5 Å². The van der Waals surface area contributed by atoms with Gasteiger partial charge in [-0.3, -0.25) is 0 Å². The molecule has 4 heteroatoms. The lowest BCUT2D eigenvalue weighted by atomic mass is 10.3. The van der Waals surface area contributed by atoms with Gasteiger partial charge in [0.1, 0.15) is 18.1 Å². The van der Waals surface area contributed by atoms with Crippen LogP contribution < -0.4 is 14.8 Å². The zero-order valence-electron chi connectivity index (χ0n) is 12.4. The van der Waals surface area contributed by atoms with Crippen LogP contribution in [0.3, 0.4) is 0 Å². The van der Waals surface area contributed by atoms with Crippen LogP contribution >= 0.6 is 0 Å². The van der Waals surface area contributed by atoms with Gasteiger partial charge in [-0.15, -0.1) is 0 Å². The molecule has 1 aliphatic rings. The highest BCUT2D eigenvalue weighted by atomic mass is 16.5. The zero-order valence-corrected chi connectivity index (χ0v) is 12.4. The van der Waals surface area contributed by atoms with E-state index in [4.69, 9.17) is 9.47 Å². The summed E-state index contributed by atoms with van der Waals surface area (Å²) in [6, 6.07) is 12.7. The van der Waals surface area contributed by atoms with Crippen LogP contribution in [0.15, 0.2) is 42.6 Å². The van der Waals surface area contributed by atoms with Crippen molar-refractivity contribution in [2.45, 2.75) is 32.0 Å². The molecule has 0 unspecified atom stereocenters. The fourth-order valence-electron chi connectivity index (χ4n) is 2.30. The van der Waals surface area contributed by atoms with Crippen LogP contribution in [0.1, 0.15) is 18.5 Å². The summed E-state index contributed by atoms with van der Waals surface area (Å²) in [5.41, 5.74) is 1.32. The van der Waals surface area contributed by atoms with Gasteiger partial charge >= 0.3 is 0 Å². The number of hydrogen-bond acceptors (Lipinski definition) is 3. The van der Waals surface area contributed by atoms with Crippen LogP contribution in [0.5, 0.6) is 11.5 Å². The fourth-order valence-corrected chi connectivity index (χ4v) is 2.30. The molecule has 0 aliphatic heterocycles. The molecular weight excluding hydrogens is 264 g/mol. The summed E-state index contributed by atoms with van der Waals surface area (Å²) in [6.07, 6.45) is 4.75. The lowest BCUT2D eigenvalue weighted by Gasteiger charge is -2.11. The topological polar surface area (TPSA) is 35.4 Å². The molecule has 2 aromatic rings. The SMILES string of the molecule is COc1ccc(OCCn2cccc2CNC2CC2)cc1. The Bertz CT molecular complexity index is 558. The first-order valence-corrected chi connectivity index (χ1v) is 7.49. The molecule has 0 atom stereocenters. The van der Waals surface area contributed by atoms with E-state index in [1.807, 2.05) is 24.3 Å². The van der Waals surface area contributed by atoms with E-state index in [1.165, 1.54) is 18.5 Å². The van der Waals surface area contributed by atoms with Crippen LogP contribution in [0.25, 0.3) is 0 Å². The van der Waals surface area contributed by atoms with Crippen molar-refractivity contribution in [2.24, 2.45) is 0 Å². The van der Waals surface area contributed by atoms with E-state index in [9.17, 15) is 0 Å². The van der Waals surface area contributed by atoms with Crippen molar-refractivity contribution >= 4 is 0 Å². The third-order valence-electron chi connectivity index (χ3n) is 3.73. The van der Waals surface area contributed by atoms with Crippen molar-refractivity contribution in [1.29, 1.82) is 0 Å². The molecule has 112 valence electrons. The number of ether oxygens (including phenoxy) is 2. The minimum atomic E-state index is 0.664. The van der Waals surface area contributed by atoms with Gasteiger partial charge in [-0.1, -0.05) is 0 Å². The van der Waals surface area contributed by atoms with Gasteiger partial charge in [-0.2, -0.15) is 0 Å². The molecule has 0 saturated heterocycles. The molecule has 0 spiro atoms. The van der Waals surface area contributed by atoms with E-state index >= 15 is 0 Å². The molecule has 1 aromatic heterocycles. The molecule has 3 rings (SSSR count). The van der Waals surface area contributed by atoms with E-state index in [0.29, 0.717) is 6.61 Å². The smallest absolute Gasteiger partial charge is 0.119 e. The Morgan fingerprint density at radius 1 is 1.14 bits per heavy atom. The summed E-state index contributed by atoms with van der Waals surface area (Å²) in [4.78, 5) is 0. The third-order valence-corrected chi connectivity index (χ3v) is 3.73. The molecule has 1 aromatic carbocycles. The van der Waals surface area contributed by atoms with Gasteiger partial charge in [-0.05, 0) is 49.2 Å². The molecule has 21 heavy (non-hydrogen) atoms. The van der Waals surface area contributed by atoms with Crippen molar-refractivity contribution in [3.63, 3.8) is 0 Å². The average molecular weight is 286 g/mol. The van der Waals surface area contributed by atoms with Crippen LogP contribution in [0.2, 0.25) is 0 Å². The predicted molar refractivity (Wildman–Crippen MR) is 82.8 cm³/mol. The van der Waals surface area contributed by atoms with E-state index < -0.39 is 0 Å². The predicted octanol–water partition coefficient (Wildman–Crippen LogP) is 2.83. The Morgan fingerprint density at radius 2 is 1.90 bits per heavy atom. The number of rotatable bonds is 8. The molecule has 1 aliphatic carbocycles. The summed E-state index contributed by atoms with van der Waals surface area (Å²) < 4.78 is 13.2. The maximum absolute atomic E-state index is 5.77. The molecule has 0 amide bonds. The molecule has 0 radical (unpaired) electrons. The van der Waals surface area contributed by atoms with Gasteiger partial charge in [0.15, 0.2) is 0 Å². The Kier molecular flexibility index (Phi) is 4.46. The molecule has 1 heterocycles. The summed E-state index contributed by atoms with van der Waals surface area (Å²) in [5.74, 6) is 1.72. The first-order chi connectivity index (χ1) is 10.3. The highest BCUT2D eigenvalue weighted by Gasteiger charge is 2.20. The molecule has 1 fully saturated rings. The van der Waals surface area contributed by atoms with Gasteiger partial charge in [0.2, 0.25) is 0 Å². The lowest BCUT2D eigenvalue weighted by Crippen LogP contribution is -2.19. The normalized spacial score (nSPS) is 14.1. The maximum Gasteiger partial charge on any atom is 0.119 e. The van der Waals surface area contributed by atoms with Crippen LogP contribution in [0, 0.1) is 0 Å². The second kappa shape index (κ2) is 6.68. The van der Waals surface area contributed by atoms with Crippen molar-refractivity contribution in [3.05, 3.63) is 48.3 Å². The van der Waals surface area contributed by atoms with Crippen molar-refractivity contribution in [3.8, 4) is 11.5 Å². The van der Waals surface area contributed by atoms with E-state index in [1.54, 1.807) is 7.11 Å². The monoisotopic (exact) mass is 286 g/mol. The number of methoxy groups -OCH3 is 1. The standard InChI is InChI=1S/C17H22N2O2/c1-20-16-6-8-17(9-7-16)21-12-11-19-10-2-3-15(19)13-18-14-4-5-14/h2-3,6-10,14,18H,4-5,11-13H2,1H3. The Labute approximate surface area is 125 Å². The first-order valence-electron chi connectivity index (χ1n) is 7.49. The van der Waals surface area contributed by atoms with Gasteiger partial charge < -0.3 is 19.4 Å². The summed E-state index contributed by atoms with van der Waals surface area (Å²) in [7, 11) is 1.67. The van der Waals surface area contributed by atoms with Crippen LogP contribution in [0.4, 0.5) is 0 Å². The quantitative estimate of drug-likeness (QED) is 0.810. The van der Waals surface area contributed by atoms with Gasteiger partial charge in [0.05, 0.1) is 13.7 Å². The third kappa shape index (κ3) is 4.02. The Balaban J connectivity index is 1.46. The number of benzene rings is 1. The van der Waals surface area contributed by atoms with Crippen molar-refractivity contribution in [1.82, 2.24) is 9.88 Å². The van der Waals surface area contributed by atoms with Gasteiger partial charge in [-0.25, -0.2) is 0 Å². The number of hydrogen-bond donors (Lipinski definition) is 1. The van der Waals surface area contributed by atoms with E-state index in [-0.39, 0.29) is 0 Å². The van der Waals surface area contributed by atoms with E-state index in [0.717, 1.165) is 30.6 Å². The minimum absolute atomic E-state index is 0.664. The highest BCUT2D eigenvalue weighted by molar-refractivity contribution is 5.31. The summed E-state index contributed by atoms with van der Waals surface area (Å²) in [6.45, 7) is 2.47. The molecule has 1 N–H and O–H groups in total. The Morgan fingerprint density at radius 3 is 2.62 bits per heavy atom. The molecule has 0 bridgehead atoms. The van der Waals surface area contributed by atoms with E-state index in [2.05, 4.69) is 28.2 Å². The lowest BCUT2D eigenvalue weighted by molar-refractivity contribution is 0.295. The number of nitrogens with zero attached hydrogens (tertiary/aromatic N) is 1. The average Bonchev–Trinajstić information content (AvgIpc) is 3.25. The summed E-state index contributed by atoms with van der Waals surface area (Å²) in [5, 5.41) is 3.54. The molecule has 1 saturated carbocycles. The molecule has 4 nitrogen and oxygen atoms in total. The van der Waals surface area contributed by atoms with Crippen molar-refractivity contribution < 1.29 is 9.47 Å². The number of aromatic nitrogens is 1. The highest BCUT2D eigenvalue weighted by Crippen LogP contribution is 2.19. The second-order valence-electron chi connectivity index (χ2n) is 5.37. The van der Waals surface area contributed by atoms with Gasteiger partial charge in [0.25, 0.3) is 0 Å².